The van der Waals surface area contributed by atoms with Gasteiger partial charge in [-0.2, -0.15) is 0 Å². The number of carbonyl (C=O) groups excluding carboxylic acids is 2. The van der Waals surface area contributed by atoms with Gasteiger partial charge in [0.25, 0.3) is 11.5 Å². The van der Waals surface area contributed by atoms with E-state index in [1.54, 1.807) is 29.2 Å². The van der Waals surface area contributed by atoms with Crippen LogP contribution in [0.1, 0.15) is 16.9 Å². The van der Waals surface area contributed by atoms with Gasteiger partial charge in [-0.15, -0.1) is 0 Å². The summed E-state index contributed by atoms with van der Waals surface area (Å²) in [4.78, 5) is 48.1. The van der Waals surface area contributed by atoms with E-state index in [1.807, 2.05) is 12.2 Å². The summed E-state index contributed by atoms with van der Waals surface area (Å²) in [5.41, 5.74) is 0.439. The zero-order valence-electron chi connectivity index (χ0n) is 14.8. The van der Waals surface area contributed by atoms with E-state index in [0.717, 1.165) is 0 Å². The minimum Gasteiger partial charge on any atom is -0.377 e. The smallest absolute Gasteiger partial charge is 0.280 e. The number of nitrogens with zero attached hydrogens (tertiary/aromatic N) is 3. The first kappa shape index (κ1) is 17.4. The van der Waals surface area contributed by atoms with Gasteiger partial charge in [0.15, 0.2) is 5.69 Å². The maximum Gasteiger partial charge on any atom is 0.280 e. The molecule has 0 radical (unpaired) electrons. The van der Waals surface area contributed by atoms with Gasteiger partial charge in [-0.1, -0.05) is 24.3 Å². The van der Waals surface area contributed by atoms with Crippen LogP contribution in [-0.4, -0.2) is 70.5 Å². The molecular weight excluding hydrogens is 348 g/mol. The first-order valence-electron chi connectivity index (χ1n) is 8.94. The summed E-state index contributed by atoms with van der Waals surface area (Å²) in [6.45, 7) is 2.14. The maximum absolute atomic E-state index is 13.0. The van der Waals surface area contributed by atoms with Crippen LogP contribution in [0, 0.1) is 0 Å². The van der Waals surface area contributed by atoms with Crippen molar-refractivity contribution in [2.75, 3.05) is 32.8 Å². The molecule has 1 aromatic carbocycles. The lowest BCUT2D eigenvalue weighted by atomic mass is 10.1. The Morgan fingerprint density at radius 3 is 2.81 bits per heavy atom. The number of para-hydroxylation sites is 2. The lowest BCUT2D eigenvalue weighted by Gasteiger charge is -2.35. The fraction of sp³-hybridized carbons (Fsp3) is 0.368. The molecule has 0 unspecified atom stereocenters. The first-order valence-corrected chi connectivity index (χ1v) is 8.94. The number of morpholine rings is 1. The Labute approximate surface area is 155 Å². The number of carbonyl (C=O) groups is 2. The SMILES string of the molecule is O=C(C[C@@H]1COCCN1C(=O)c1nc2ccccc2[nH]c1=O)N1CC=CC1. The lowest BCUT2D eigenvalue weighted by Crippen LogP contribution is -2.51. The molecule has 2 amide bonds. The van der Waals surface area contributed by atoms with Crippen molar-refractivity contribution >= 4 is 22.8 Å². The number of rotatable bonds is 3. The molecule has 8 nitrogen and oxygen atoms in total. The van der Waals surface area contributed by atoms with E-state index in [9.17, 15) is 14.4 Å². The van der Waals surface area contributed by atoms with Gasteiger partial charge in [-0.3, -0.25) is 14.4 Å². The van der Waals surface area contributed by atoms with Crippen LogP contribution in [0.5, 0.6) is 0 Å². The average Bonchev–Trinajstić information content (AvgIpc) is 3.22. The number of hydrogen-bond acceptors (Lipinski definition) is 5. The summed E-state index contributed by atoms with van der Waals surface area (Å²) in [7, 11) is 0. The molecule has 0 bridgehead atoms. The second-order valence-electron chi connectivity index (χ2n) is 6.63. The van der Waals surface area contributed by atoms with Crippen molar-refractivity contribution in [1.82, 2.24) is 19.8 Å². The van der Waals surface area contributed by atoms with Crippen LogP contribution in [0.4, 0.5) is 0 Å². The topological polar surface area (TPSA) is 95.6 Å². The highest BCUT2D eigenvalue weighted by molar-refractivity contribution is 5.94. The molecule has 2 aromatic rings. The first-order chi connectivity index (χ1) is 13.1. The number of fused-ring (bicyclic) bond motifs is 1. The number of nitrogens with one attached hydrogen (secondary N) is 1. The van der Waals surface area contributed by atoms with E-state index < -0.39 is 17.5 Å². The van der Waals surface area contributed by atoms with Gasteiger partial charge in [0, 0.05) is 26.1 Å². The highest BCUT2D eigenvalue weighted by Crippen LogP contribution is 2.16. The van der Waals surface area contributed by atoms with E-state index in [0.29, 0.717) is 37.3 Å². The number of hydrogen-bond donors (Lipinski definition) is 1. The Morgan fingerprint density at radius 1 is 1.22 bits per heavy atom. The van der Waals surface area contributed by atoms with Gasteiger partial charge >= 0.3 is 0 Å². The molecule has 1 fully saturated rings. The van der Waals surface area contributed by atoms with Crippen LogP contribution in [0.15, 0.2) is 41.2 Å². The van der Waals surface area contributed by atoms with Crippen LogP contribution in [0.3, 0.4) is 0 Å². The molecule has 0 saturated carbocycles. The van der Waals surface area contributed by atoms with E-state index in [1.165, 1.54) is 4.90 Å². The fourth-order valence-electron chi connectivity index (χ4n) is 3.41. The highest BCUT2D eigenvalue weighted by Gasteiger charge is 2.33. The van der Waals surface area contributed by atoms with Gasteiger partial charge in [0.05, 0.1) is 30.3 Å². The predicted molar refractivity (Wildman–Crippen MR) is 98.3 cm³/mol. The number of benzene rings is 1. The Hall–Kier alpha value is -3.00. The summed E-state index contributed by atoms with van der Waals surface area (Å²) in [6.07, 6.45) is 4.05. The minimum absolute atomic E-state index is 0.0336. The maximum atomic E-state index is 13.0. The van der Waals surface area contributed by atoms with Crippen LogP contribution < -0.4 is 5.56 Å². The number of ether oxygens (including phenoxy) is 1. The van der Waals surface area contributed by atoms with E-state index in [-0.39, 0.29) is 24.6 Å². The standard InChI is InChI=1S/C19H20N4O4/c24-16(22-7-3-4-8-22)11-13-12-27-10-9-23(13)19(26)17-18(25)21-15-6-2-1-5-14(15)20-17/h1-6,13H,7-12H2,(H,21,25)/t13-/m1/s1. The zero-order chi connectivity index (χ0) is 18.8. The fourth-order valence-corrected chi connectivity index (χ4v) is 3.41. The summed E-state index contributed by atoms with van der Waals surface area (Å²) >= 11 is 0. The molecule has 1 atom stereocenters. The Balaban J connectivity index is 1.58. The van der Waals surface area contributed by atoms with Crippen LogP contribution in [-0.2, 0) is 9.53 Å². The second kappa shape index (κ2) is 7.32. The van der Waals surface area contributed by atoms with Gasteiger partial charge in [0.1, 0.15) is 0 Å². The summed E-state index contributed by atoms with van der Waals surface area (Å²) in [5.74, 6) is -0.503. The third kappa shape index (κ3) is 3.48. The number of aromatic nitrogens is 2. The molecule has 27 heavy (non-hydrogen) atoms. The van der Waals surface area contributed by atoms with Crippen molar-refractivity contribution < 1.29 is 14.3 Å². The van der Waals surface area contributed by atoms with Crippen molar-refractivity contribution in [2.45, 2.75) is 12.5 Å². The lowest BCUT2D eigenvalue weighted by molar-refractivity contribution is -0.132. The van der Waals surface area contributed by atoms with Crippen LogP contribution >= 0.6 is 0 Å². The molecule has 2 aliphatic heterocycles. The quantitative estimate of drug-likeness (QED) is 0.799. The molecule has 1 aromatic heterocycles. The molecule has 8 heteroatoms. The van der Waals surface area contributed by atoms with Gasteiger partial charge in [0.2, 0.25) is 5.91 Å². The van der Waals surface area contributed by atoms with Crippen LogP contribution in [0.2, 0.25) is 0 Å². The normalized spacial score (nSPS) is 19.6. The molecule has 1 N–H and O–H groups in total. The minimum atomic E-state index is -0.529. The monoisotopic (exact) mass is 368 g/mol. The van der Waals surface area contributed by atoms with E-state index >= 15 is 0 Å². The Kier molecular flexibility index (Phi) is 4.72. The van der Waals surface area contributed by atoms with Crippen molar-refractivity contribution in [2.24, 2.45) is 0 Å². The molecule has 2 aliphatic rings. The van der Waals surface area contributed by atoms with Gasteiger partial charge < -0.3 is 19.5 Å². The molecule has 140 valence electrons. The molecular formula is C19H20N4O4. The molecule has 0 aliphatic carbocycles. The third-order valence-corrected chi connectivity index (χ3v) is 4.87. The Morgan fingerprint density at radius 2 is 2.00 bits per heavy atom. The largest absolute Gasteiger partial charge is 0.377 e. The summed E-state index contributed by atoms with van der Waals surface area (Å²) in [6, 6.07) is 6.65. The molecule has 4 rings (SSSR count). The van der Waals surface area contributed by atoms with Crippen molar-refractivity contribution in [3.63, 3.8) is 0 Å². The average molecular weight is 368 g/mol. The van der Waals surface area contributed by atoms with E-state index in [4.69, 9.17) is 4.74 Å². The second-order valence-corrected chi connectivity index (χ2v) is 6.63. The number of H-pyrrole nitrogens is 1. The van der Waals surface area contributed by atoms with Crippen molar-refractivity contribution in [3.8, 4) is 0 Å². The van der Waals surface area contributed by atoms with Gasteiger partial charge in [-0.25, -0.2) is 4.98 Å². The van der Waals surface area contributed by atoms with Gasteiger partial charge in [-0.05, 0) is 12.1 Å². The number of aromatic amines is 1. The van der Waals surface area contributed by atoms with Crippen LogP contribution in [0.25, 0.3) is 11.0 Å². The third-order valence-electron chi connectivity index (χ3n) is 4.87. The van der Waals surface area contributed by atoms with Crippen molar-refractivity contribution in [3.05, 3.63) is 52.5 Å². The summed E-state index contributed by atoms with van der Waals surface area (Å²) in [5, 5.41) is 0. The zero-order valence-corrected chi connectivity index (χ0v) is 14.8. The summed E-state index contributed by atoms with van der Waals surface area (Å²) < 4.78 is 5.48. The predicted octanol–water partition coefficient (Wildman–Crippen LogP) is 0.553. The highest BCUT2D eigenvalue weighted by atomic mass is 16.5. The molecule has 1 saturated heterocycles. The molecule has 3 heterocycles. The number of amides is 2. The van der Waals surface area contributed by atoms with E-state index in [2.05, 4.69) is 9.97 Å². The van der Waals surface area contributed by atoms with Crippen molar-refractivity contribution in [1.29, 1.82) is 0 Å². The Bertz CT molecular complexity index is 960. The molecule has 0 spiro atoms.